The smallest absolute Gasteiger partial charge is 0.0835 e. The van der Waals surface area contributed by atoms with Crippen LogP contribution in [0.5, 0.6) is 0 Å². The molecule has 0 radical (unpaired) electrons. The number of aromatic nitrogens is 3. The third-order valence-electron chi connectivity index (χ3n) is 2.77. The lowest BCUT2D eigenvalue weighted by molar-refractivity contribution is 0.647. The van der Waals surface area contributed by atoms with E-state index in [1.807, 2.05) is 10.9 Å². The van der Waals surface area contributed by atoms with Crippen LogP contribution in [-0.4, -0.2) is 20.3 Å². The Morgan fingerprint density at radius 3 is 2.88 bits per heavy atom. The van der Waals surface area contributed by atoms with E-state index in [9.17, 15) is 0 Å². The van der Waals surface area contributed by atoms with Crippen LogP contribution in [0.4, 0.5) is 0 Å². The first-order valence-electron chi connectivity index (χ1n) is 5.70. The predicted octanol–water partition coefficient (Wildman–Crippen LogP) is 2.88. The number of rotatable bonds is 4. The van der Waals surface area contributed by atoms with Crippen molar-refractivity contribution in [3.8, 4) is 0 Å². The van der Waals surface area contributed by atoms with E-state index in [2.05, 4.69) is 58.3 Å². The van der Waals surface area contributed by atoms with Gasteiger partial charge in [0, 0.05) is 17.9 Å². The molecule has 1 aromatic heterocycles. The Morgan fingerprint density at radius 2 is 2.12 bits per heavy atom. The molecule has 0 atom stereocenters. The molecule has 0 aliphatic rings. The summed E-state index contributed by atoms with van der Waals surface area (Å²) in [5.74, 6) is 0. The zero-order valence-corrected chi connectivity index (χ0v) is 11.7. The molecule has 3 nitrogen and oxygen atoms in total. The number of alkyl halides is 1. The topological polar surface area (TPSA) is 30.7 Å². The second-order valence-corrected chi connectivity index (χ2v) is 5.07. The molecule has 0 unspecified atom stereocenters. The molecule has 2 rings (SSSR count). The monoisotopic (exact) mass is 293 g/mol. The summed E-state index contributed by atoms with van der Waals surface area (Å²) in [6, 6.07) is 6.50. The maximum Gasteiger partial charge on any atom is 0.0835 e. The highest BCUT2D eigenvalue weighted by atomic mass is 79.9. The highest BCUT2D eigenvalue weighted by Crippen LogP contribution is 2.12. The van der Waals surface area contributed by atoms with E-state index in [4.69, 9.17) is 0 Å². The van der Waals surface area contributed by atoms with Gasteiger partial charge in [-0.2, -0.15) is 0 Å². The third kappa shape index (κ3) is 3.16. The summed E-state index contributed by atoms with van der Waals surface area (Å²) in [5.41, 5.74) is 4.92. The fourth-order valence-corrected chi connectivity index (χ4v) is 2.18. The minimum absolute atomic E-state index is 0.794. The zero-order chi connectivity index (χ0) is 12.3. The van der Waals surface area contributed by atoms with Crippen LogP contribution < -0.4 is 0 Å². The molecule has 1 heterocycles. The van der Waals surface area contributed by atoms with E-state index in [-0.39, 0.29) is 0 Å². The Balaban J connectivity index is 2.16. The Kier molecular flexibility index (Phi) is 3.94. The van der Waals surface area contributed by atoms with Crippen molar-refractivity contribution in [2.45, 2.75) is 26.8 Å². The van der Waals surface area contributed by atoms with E-state index >= 15 is 0 Å². The summed E-state index contributed by atoms with van der Waals surface area (Å²) in [5, 5.41) is 9.21. The maximum absolute atomic E-state index is 4.15. The van der Waals surface area contributed by atoms with Crippen LogP contribution in [0, 0.1) is 13.8 Å². The molecule has 0 aliphatic carbocycles. The van der Waals surface area contributed by atoms with Crippen molar-refractivity contribution >= 4 is 15.9 Å². The number of benzene rings is 1. The molecule has 0 spiro atoms. The molecule has 0 fully saturated rings. The molecule has 2 aromatic rings. The van der Waals surface area contributed by atoms with Gasteiger partial charge < -0.3 is 0 Å². The number of hydrogen-bond donors (Lipinski definition) is 0. The minimum Gasteiger partial charge on any atom is -0.248 e. The quantitative estimate of drug-likeness (QED) is 0.812. The Hall–Kier alpha value is -1.16. The summed E-state index contributed by atoms with van der Waals surface area (Å²) in [6.45, 7) is 5.04. The van der Waals surface area contributed by atoms with Gasteiger partial charge in [-0.25, -0.2) is 4.68 Å². The van der Waals surface area contributed by atoms with Gasteiger partial charge in [0.1, 0.15) is 0 Å². The summed E-state index contributed by atoms with van der Waals surface area (Å²) in [6.07, 6.45) is 2.94. The highest BCUT2D eigenvalue weighted by molar-refractivity contribution is 9.09. The molecule has 0 N–H and O–H groups in total. The molecule has 0 bridgehead atoms. The van der Waals surface area contributed by atoms with Crippen LogP contribution in [0.15, 0.2) is 24.4 Å². The van der Waals surface area contributed by atoms with Crippen molar-refractivity contribution in [1.82, 2.24) is 15.0 Å². The average molecular weight is 294 g/mol. The molecule has 90 valence electrons. The van der Waals surface area contributed by atoms with Crippen molar-refractivity contribution in [3.63, 3.8) is 0 Å². The summed E-state index contributed by atoms with van der Waals surface area (Å²) >= 11 is 3.41. The number of nitrogens with zero attached hydrogens (tertiary/aromatic N) is 3. The van der Waals surface area contributed by atoms with Crippen LogP contribution in [0.25, 0.3) is 0 Å². The first-order valence-corrected chi connectivity index (χ1v) is 6.82. The fourth-order valence-electron chi connectivity index (χ4n) is 1.77. The third-order valence-corrected chi connectivity index (χ3v) is 3.17. The summed E-state index contributed by atoms with van der Waals surface area (Å²) < 4.78 is 1.90. The van der Waals surface area contributed by atoms with Gasteiger partial charge >= 0.3 is 0 Å². The summed E-state index contributed by atoms with van der Waals surface area (Å²) in [4.78, 5) is 0. The van der Waals surface area contributed by atoms with Crippen molar-refractivity contribution in [3.05, 3.63) is 46.8 Å². The van der Waals surface area contributed by atoms with Crippen molar-refractivity contribution in [1.29, 1.82) is 0 Å². The van der Waals surface area contributed by atoms with Crippen LogP contribution in [0.2, 0.25) is 0 Å². The van der Waals surface area contributed by atoms with Gasteiger partial charge in [-0.05, 0) is 25.0 Å². The van der Waals surface area contributed by atoms with E-state index < -0.39 is 0 Å². The first-order chi connectivity index (χ1) is 8.19. The maximum atomic E-state index is 4.15. The zero-order valence-electron chi connectivity index (χ0n) is 10.2. The molecule has 0 saturated heterocycles. The number of halogens is 1. The fraction of sp³-hybridized carbons (Fsp3) is 0.385. The molecule has 1 aromatic carbocycles. The second-order valence-electron chi connectivity index (χ2n) is 4.28. The van der Waals surface area contributed by atoms with E-state index in [1.165, 1.54) is 16.7 Å². The molecule has 0 amide bonds. The van der Waals surface area contributed by atoms with E-state index in [0.29, 0.717) is 0 Å². The molecule has 17 heavy (non-hydrogen) atoms. The SMILES string of the molecule is Cc1ccc(C)c(Cn2cc(CCBr)nn2)c1. The predicted molar refractivity (Wildman–Crippen MR) is 72.5 cm³/mol. The largest absolute Gasteiger partial charge is 0.248 e. The van der Waals surface area contributed by atoms with Crippen LogP contribution >= 0.6 is 15.9 Å². The van der Waals surface area contributed by atoms with Crippen LogP contribution in [-0.2, 0) is 13.0 Å². The lowest BCUT2D eigenvalue weighted by atomic mass is 10.1. The van der Waals surface area contributed by atoms with Gasteiger partial charge in [0.15, 0.2) is 0 Å². The minimum atomic E-state index is 0.794. The Morgan fingerprint density at radius 1 is 1.29 bits per heavy atom. The molecule has 0 saturated carbocycles. The van der Waals surface area contributed by atoms with Crippen LogP contribution in [0.1, 0.15) is 22.4 Å². The van der Waals surface area contributed by atoms with Gasteiger partial charge in [0.25, 0.3) is 0 Å². The Labute approximate surface area is 110 Å². The molecular formula is C13H16BrN3. The van der Waals surface area contributed by atoms with Crippen molar-refractivity contribution in [2.24, 2.45) is 0 Å². The summed E-state index contributed by atoms with van der Waals surface area (Å²) in [7, 11) is 0. The molecule has 0 aliphatic heterocycles. The number of hydrogen-bond acceptors (Lipinski definition) is 2. The standard InChI is InChI=1S/C13H16BrN3/c1-10-3-4-11(2)12(7-10)8-17-9-13(5-6-14)15-16-17/h3-4,7,9H,5-6,8H2,1-2H3. The lowest BCUT2D eigenvalue weighted by Crippen LogP contribution is -2.02. The molecular weight excluding hydrogens is 278 g/mol. The van der Waals surface area contributed by atoms with Crippen molar-refractivity contribution < 1.29 is 0 Å². The molecule has 4 heteroatoms. The van der Waals surface area contributed by atoms with Gasteiger partial charge in [0.05, 0.1) is 12.2 Å². The van der Waals surface area contributed by atoms with Gasteiger partial charge in [-0.15, -0.1) is 5.10 Å². The van der Waals surface area contributed by atoms with E-state index in [1.54, 1.807) is 0 Å². The first kappa shape index (κ1) is 12.3. The van der Waals surface area contributed by atoms with Gasteiger partial charge in [-0.3, -0.25) is 0 Å². The average Bonchev–Trinajstić information content (AvgIpc) is 2.72. The van der Waals surface area contributed by atoms with Crippen LogP contribution in [0.3, 0.4) is 0 Å². The number of aryl methyl sites for hydroxylation is 3. The normalized spacial score (nSPS) is 10.8. The Bertz CT molecular complexity index is 505. The lowest BCUT2D eigenvalue weighted by Gasteiger charge is -2.06. The van der Waals surface area contributed by atoms with Crippen molar-refractivity contribution in [2.75, 3.05) is 5.33 Å². The van der Waals surface area contributed by atoms with Gasteiger partial charge in [0.2, 0.25) is 0 Å². The second kappa shape index (κ2) is 5.45. The van der Waals surface area contributed by atoms with Gasteiger partial charge in [-0.1, -0.05) is 44.9 Å². The van der Waals surface area contributed by atoms with E-state index in [0.717, 1.165) is 24.0 Å². The highest BCUT2D eigenvalue weighted by Gasteiger charge is 2.03.